The zero-order chi connectivity index (χ0) is 20.4. The lowest BCUT2D eigenvalue weighted by Gasteiger charge is -2.15. The van der Waals surface area contributed by atoms with Crippen molar-refractivity contribution >= 4 is 33.5 Å². The minimum absolute atomic E-state index is 0.418. The van der Waals surface area contributed by atoms with E-state index < -0.39 is 12.1 Å². The van der Waals surface area contributed by atoms with Gasteiger partial charge in [0.05, 0.1) is 24.1 Å². The molecule has 1 unspecified atom stereocenters. The van der Waals surface area contributed by atoms with Gasteiger partial charge in [-0.2, -0.15) is 0 Å². The predicted molar refractivity (Wildman–Crippen MR) is 104 cm³/mol. The van der Waals surface area contributed by atoms with Crippen molar-refractivity contribution in [2.24, 2.45) is 0 Å². The fraction of sp³-hybridized carbons (Fsp3) is 0.316. The number of hydrogen-bond acceptors (Lipinski definition) is 4. The molecule has 0 radical (unpaired) electrons. The Morgan fingerprint density at radius 1 is 1.23 bits per heavy atom. The van der Waals surface area contributed by atoms with Crippen molar-refractivity contribution in [1.82, 2.24) is 0 Å². The average Bonchev–Trinajstić information content (AvgIpc) is 2.65. The summed E-state index contributed by atoms with van der Waals surface area (Å²) in [5.41, 5.74) is 0. The number of carbonyl (C=O) groups excluding carboxylic acids is 1. The first-order chi connectivity index (χ1) is 12.8. The highest BCUT2D eigenvalue weighted by Crippen LogP contribution is 2.32. The van der Waals surface area contributed by atoms with Gasteiger partial charge in [-0.1, -0.05) is 27.5 Å². The Labute approximate surface area is 168 Å². The molecule has 0 fully saturated rings. The van der Waals surface area contributed by atoms with E-state index in [-0.39, 0.29) is 0 Å². The molecule has 0 aliphatic rings. The molecular weight excluding hydrogens is 422 g/mol. The Morgan fingerprint density at radius 2 is 1.81 bits per heavy atom. The third kappa shape index (κ3) is 8.08. The van der Waals surface area contributed by atoms with Gasteiger partial charge in [-0.25, -0.2) is 0 Å². The van der Waals surface area contributed by atoms with Crippen molar-refractivity contribution in [1.29, 1.82) is 0 Å². The van der Waals surface area contributed by atoms with Gasteiger partial charge in [0.1, 0.15) is 23.4 Å². The number of halogens is 2. The maximum Gasteiger partial charge on any atom is 0.346 e. The Morgan fingerprint density at radius 3 is 2.27 bits per heavy atom. The molecule has 2 rings (SSSR count). The summed E-state index contributed by atoms with van der Waals surface area (Å²) in [6.07, 6.45) is -1.02. The Hall–Kier alpha value is -1.76. The van der Waals surface area contributed by atoms with Crippen LogP contribution in [0.5, 0.6) is 17.2 Å². The molecule has 2 aromatic rings. The Balaban J connectivity index is 0.000000527. The summed E-state index contributed by atoms with van der Waals surface area (Å²) >= 11 is 9.38. The molecule has 26 heavy (non-hydrogen) atoms. The Bertz CT molecular complexity index is 726. The summed E-state index contributed by atoms with van der Waals surface area (Å²) in [5, 5.41) is 11.9. The van der Waals surface area contributed by atoms with Crippen LogP contribution >= 0.6 is 27.5 Å². The van der Waals surface area contributed by atoms with E-state index >= 15 is 0 Å². The first kappa shape index (κ1) is 20.6. The Kier molecular flexibility index (Phi) is 9.31. The maximum atomic E-state index is 10.6. The van der Waals surface area contributed by atoms with E-state index in [1.165, 1.54) is 6.92 Å². The molecule has 1 atom stereocenters. The summed E-state index contributed by atoms with van der Waals surface area (Å²) < 4.78 is 18.7. The number of carboxylic acids is 1. The van der Waals surface area contributed by atoms with E-state index in [9.17, 15) is 9.90 Å². The number of nitrogens with two attached hydrogens (primary N) is 1. The minimum Gasteiger partial charge on any atom is -0.546 e. The van der Waals surface area contributed by atoms with Gasteiger partial charge in [0.25, 0.3) is 0 Å². The molecule has 2 N–H and O–H groups in total. The summed E-state index contributed by atoms with van der Waals surface area (Å²) in [5.74, 6) is 0.238. The number of ether oxygens (including phenoxy) is 2. The highest BCUT2D eigenvalue weighted by molar-refractivity contribution is 9.10. The molecule has 0 saturated carbocycles. The van der Waals surface area contributed by atoms with Crippen LogP contribution in [0.1, 0.15) is 20.8 Å². The van der Waals surface area contributed by atoms with Gasteiger partial charge < -0.3 is 24.7 Å². The molecule has 0 saturated heterocycles. The number of hydrogen-bond donors (Lipinski definition) is 1. The van der Waals surface area contributed by atoms with Crippen molar-refractivity contribution < 1.29 is 26.1 Å². The lowest BCUT2D eigenvalue weighted by atomic mass is 10.3. The number of aliphatic carboxylic acids is 1. The summed E-state index contributed by atoms with van der Waals surface area (Å²) in [6.45, 7) is 7.24. The van der Waals surface area contributed by atoms with Gasteiger partial charge in [-0.15, -0.1) is 0 Å². The predicted octanol–water partition coefficient (Wildman–Crippen LogP) is 3.00. The van der Waals surface area contributed by atoms with E-state index in [4.69, 9.17) is 22.5 Å². The lowest BCUT2D eigenvalue weighted by molar-refractivity contribution is -0.648. The number of carbonyl (C=O) groups is 1. The van der Waals surface area contributed by atoms with Crippen LogP contribution in [0.4, 0.5) is 0 Å². The van der Waals surface area contributed by atoms with Crippen molar-refractivity contribution in [2.45, 2.75) is 26.9 Å². The van der Waals surface area contributed by atoms with Gasteiger partial charge in [0.15, 0.2) is 0 Å². The normalized spacial score (nSPS) is 11.8. The molecule has 0 aromatic heterocycles. The van der Waals surface area contributed by atoms with Crippen LogP contribution in [-0.4, -0.2) is 25.2 Å². The smallest absolute Gasteiger partial charge is 0.346 e. The molecule has 5 nitrogen and oxygen atoms in total. The molecule has 0 aliphatic carbocycles. The van der Waals surface area contributed by atoms with Crippen LogP contribution in [0.2, 0.25) is 6.43 Å². The molecule has 0 amide bonds. The number of benzene rings is 2. The molecule has 0 bridgehead atoms. The first-order valence-electron chi connectivity index (χ1n) is 8.68. The van der Waals surface area contributed by atoms with E-state index in [1.807, 2.05) is 19.9 Å². The zero-order valence-electron chi connectivity index (χ0n) is 15.9. The molecule has 2 aromatic carbocycles. The van der Waals surface area contributed by atoms with E-state index in [0.717, 1.165) is 22.9 Å². The van der Waals surface area contributed by atoms with Crippen LogP contribution in [-0.2, 0) is 4.79 Å². The fourth-order valence-corrected chi connectivity index (χ4v) is 2.49. The third-order valence-corrected chi connectivity index (χ3v) is 3.88. The number of carboxylic acid groups (broad SMARTS) is 1. The van der Waals surface area contributed by atoms with Gasteiger partial charge in [-0.3, -0.25) is 0 Å². The second kappa shape index (κ2) is 11.8. The maximum absolute atomic E-state index is 10.6. The van der Waals surface area contributed by atoms with Gasteiger partial charge >= 0.3 is 1.41 Å². The van der Waals surface area contributed by atoms with Crippen molar-refractivity contribution in [3.05, 3.63) is 52.0 Å². The number of rotatable bonds is 7. The zero-order valence-corrected chi connectivity index (χ0v) is 17.3. The third-order valence-electron chi connectivity index (χ3n) is 3.09. The van der Waals surface area contributed by atoms with Gasteiger partial charge in [0, 0.05) is 4.47 Å². The van der Waals surface area contributed by atoms with Crippen molar-refractivity contribution in [3.8, 4) is 17.2 Å². The first-order valence-corrected chi connectivity index (χ1v) is 9.35. The van der Waals surface area contributed by atoms with Crippen molar-refractivity contribution in [2.75, 3.05) is 13.1 Å². The molecule has 142 valence electrons. The van der Waals surface area contributed by atoms with Gasteiger partial charge in [0.2, 0.25) is 0 Å². The average molecular weight is 446 g/mol. The highest BCUT2D eigenvalue weighted by Gasteiger charge is 2.06. The second-order valence-electron chi connectivity index (χ2n) is 5.18. The molecule has 7 heteroatoms. The molecular formula is C19H23BrClNO4. The van der Waals surface area contributed by atoms with Crippen LogP contribution in [0.15, 0.2) is 46.9 Å². The monoisotopic (exact) mass is 444 g/mol. The fourth-order valence-electron chi connectivity index (χ4n) is 1.77. The quantitative estimate of drug-likeness (QED) is 0.711. The SMILES string of the molecule is CC(Oc1ccc(Oc2ccc(Br)cc2Cl)cc1)C(=O)[O-].[2H][NH+](CC)CC. The van der Waals surface area contributed by atoms with Crippen LogP contribution in [0.3, 0.4) is 0 Å². The largest absolute Gasteiger partial charge is 0.546 e. The number of quaternary nitrogens is 1. The molecule has 0 spiro atoms. The van der Waals surface area contributed by atoms with Crippen LogP contribution < -0.4 is 19.9 Å². The topological polar surface area (TPSA) is 75.2 Å². The molecule has 0 aliphatic heterocycles. The minimum atomic E-state index is -1.27. The second-order valence-corrected chi connectivity index (χ2v) is 6.51. The van der Waals surface area contributed by atoms with E-state index in [0.29, 0.717) is 22.3 Å². The van der Waals surface area contributed by atoms with Crippen LogP contribution in [0, 0.1) is 0 Å². The summed E-state index contributed by atoms with van der Waals surface area (Å²) in [7, 11) is 0. The van der Waals surface area contributed by atoms with Gasteiger partial charge in [-0.05, 0) is 63.2 Å². The van der Waals surface area contributed by atoms with E-state index in [2.05, 4.69) is 15.9 Å². The lowest BCUT2D eigenvalue weighted by Crippen LogP contribution is -2.82. The highest BCUT2D eigenvalue weighted by atomic mass is 79.9. The summed E-state index contributed by atoms with van der Waals surface area (Å²) in [6, 6.07) is 11.8. The summed E-state index contributed by atoms with van der Waals surface area (Å²) in [4.78, 5) is 10.6. The van der Waals surface area contributed by atoms with Crippen molar-refractivity contribution in [3.63, 3.8) is 0 Å². The van der Waals surface area contributed by atoms with E-state index in [1.54, 1.807) is 36.4 Å². The van der Waals surface area contributed by atoms with Crippen LogP contribution in [0.25, 0.3) is 0 Å². The molecule has 0 heterocycles. The standard InChI is InChI=1S/C15H12BrClO4.C4H11N/c1-9(15(18)19)20-11-3-5-12(6-4-11)21-14-7-2-10(16)8-13(14)17;1-3-5-4-2/h2-9H,1H3,(H,18,19);5H,3-4H2,1-2H3/i/hD.